The van der Waals surface area contributed by atoms with Gasteiger partial charge in [0.1, 0.15) is 35.9 Å². The lowest BCUT2D eigenvalue weighted by molar-refractivity contribution is -0.277. The number of benzene rings is 1. The van der Waals surface area contributed by atoms with E-state index in [1.807, 2.05) is 0 Å². The Balaban J connectivity index is 2.21. The van der Waals surface area contributed by atoms with E-state index in [2.05, 4.69) is 0 Å². The summed E-state index contributed by atoms with van der Waals surface area (Å²) in [5.74, 6) is 0.347. The fourth-order valence-corrected chi connectivity index (χ4v) is 2.33. The van der Waals surface area contributed by atoms with Crippen LogP contribution in [0, 0.1) is 0 Å². The van der Waals surface area contributed by atoms with Crippen LogP contribution >= 0.6 is 0 Å². The van der Waals surface area contributed by atoms with E-state index >= 15 is 0 Å². The van der Waals surface area contributed by atoms with Crippen LogP contribution in [0.5, 0.6) is 11.5 Å². The van der Waals surface area contributed by atoms with Crippen molar-refractivity contribution in [3.05, 3.63) is 23.8 Å². The Hall–Kier alpha value is -1.71. The molecule has 1 fully saturated rings. The van der Waals surface area contributed by atoms with Gasteiger partial charge in [-0.05, 0) is 25.1 Å². The van der Waals surface area contributed by atoms with E-state index in [0.29, 0.717) is 5.75 Å². The summed E-state index contributed by atoms with van der Waals surface area (Å²) in [5, 5.41) is 38.5. The Bertz CT molecular complexity index is 558. The molecule has 0 aromatic heterocycles. The maximum Gasteiger partial charge on any atom is 0.229 e. The lowest BCUT2D eigenvalue weighted by Gasteiger charge is -2.39. The summed E-state index contributed by atoms with van der Waals surface area (Å²) in [4.78, 5) is 11.6. The fraction of sp³-hybridized carbons (Fsp3) is 0.533. The minimum absolute atomic E-state index is 0.209. The van der Waals surface area contributed by atoms with Crippen LogP contribution in [0.4, 0.5) is 0 Å². The van der Waals surface area contributed by atoms with E-state index in [-0.39, 0.29) is 17.1 Å². The SMILES string of the molecule is COc1ccc(O[C@@H]2O[C@H](CO)[C@@H](O)[C@H](O)[C@H]2O)cc1C(C)=O. The van der Waals surface area contributed by atoms with Crippen molar-refractivity contribution in [2.45, 2.75) is 37.6 Å². The molecular weight excluding hydrogens is 308 g/mol. The molecule has 23 heavy (non-hydrogen) atoms. The number of ether oxygens (including phenoxy) is 3. The van der Waals surface area contributed by atoms with Gasteiger partial charge in [-0.1, -0.05) is 0 Å². The van der Waals surface area contributed by atoms with Crippen molar-refractivity contribution < 1.29 is 39.4 Å². The molecule has 1 aromatic rings. The molecule has 1 heterocycles. The second-order valence-electron chi connectivity index (χ2n) is 5.23. The van der Waals surface area contributed by atoms with Crippen LogP contribution in [0.1, 0.15) is 17.3 Å². The zero-order valence-electron chi connectivity index (χ0n) is 12.7. The van der Waals surface area contributed by atoms with Crippen molar-refractivity contribution in [2.75, 3.05) is 13.7 Å². The molecule has 1 saturated heterocycles. The highest BCUT2D eigenvalue weighted by atomic mass is 16.7. The van der Waals surface area contributed by atoms with Crippen LogP contribution in [0.3, 0.4) is 0 Å². The van der Waals surface area contributed by atoms with Gasteiger partial charge in [-0.3, -0.25) is 4.79 Å². The number of methoxy groups -OCH3 is 1. The molecule has 1 aliphatic heterocycles. The van der Waals surface area contributed by atoms with Crippen molar-refractivity contribution in [1.29, 1.82) is 0 Å². The third-order valence-electron chi connectivity index (χ3n) is 3.65. The predicted octanol–water partition coefficient (Wildman–Crippen LogP) is -0.924. The van der Waals surface area contributed by atoms with E-state index in [9.17, 15) is 20.1 Å². The van der Waals surface area contributed by atoms with Gasteiger partial charge < -0.3 is 34.6 Å². The molecule has 8 heteroatoms. The zero-order chi connectivity index (χ0) is 17.1. The normalized spacial score (nSPS) is 30.8. The van der Waals surface area contributed by atoms with Crippen molar-refractivity contribution in [1.82, 2.24) is 0 Å². The smallest absolute Gasteiger partial charge is 0.229 e. The molecule has 5 atom stereocenters. The number of Topliss-reactive ketones (excluding diaryl/α,β-unsaturated/α-hetero) is 1. The summed E-state index contributed by atoms with van der Waals surface area (Å²) in [5.41, 5.74) is 0.287. The molecule has 1 aromatic carbocycles. The van der Waals surface area contributed by atoms with Crippen LogP contribution in [0.25, 0.3) is 0 Å². The lowest BCUT2D eigenvalue weighted by Crippen LogP contribution is -2.60. The number of hydrogen-bond donors (Lipinski definition) is 4. The van der Waals surface area contributed by atoms with Crippen LogP contribution < -0.4 is 9.47 Å². The molecule has 0 amide bonds. The monoisotopic (exact) mass is 328 g/mol. The van der Waals surface area contributed by atoms with E-state index < -0.39 is 37.3 Å². The van der Waals surface area contributed by atoms with Gasteiger partial charge in [0.15, 0.2) is 5.78 Å². The molecule has 1 aliphatic rings. The zero-order valence-corrected chi connectivity index (χ0v) is 12.7. The van der Waals surface area contributed by atoms with Crippen molar-refractivity contribution in [2.24, 2.45) is 0 Å². The van der Waals surface area contributed by atoms with Gasteiger partial charge in [-0.25, -0.2) is 0 Å². The minimum atomic E-state index is -1.53. The first-order valence-electron chi connectivity index (χ1n) is 7.05. The number of aliphatic hydroxyl groups excluding tert-OH is 4. The second-order valence-corrected chi connectivity index (χ2v) is 5.23. The number of hydrogen-bond acceptors (Lipinski definition) is 8. The predicted molar refractivity (Wildman–Crippen MR) is 77.4 cm³/mol. The van der Waals surface area contributed by atoms with Gasteiger partial charge in [0.2, 0.25) is 6.29 Å². The molecule has 0 unspecified atom stereocenters. The Morgan fingerprint density at radius 3 is 2.48 bits per heavy atom. The highest BCUT2D eigenvalue weighted by Gasteiger charge is 2.44. The molecular formula is C15H20O8. The van der Waals surface area contributed by atoms with Gasteiger partial charge in [0.25, 0.3) is 0 Å². The standard InChI is InChI=1S/C15H20O8/c1-7(17)9-5-8(3-4-10(9)21-2)22-15-14(20)13(19)12(18)11(6-16)23-15/h3-5,11-16,18-20H,6H2,1-2H3/t11-,12-,13+,14-,15-/m1/s1. The third kappa shape index (κ3) is 3.62. The Morgan fingerprint density at radius 1 is 1.22 bits per heavy atom. The first-order chi connectivity index (χ1) is 10.9. The summed E-state index contributed by atoms with van der Waals surface area (Å²) >= 11 is 0. The van der Waals surface area contributed by atoms with Crippen molar-refractivity contribution >= 4 is 5.78 Å². The third-order valence-corrected chi connectivity index (χ3v) is 3.65. The summed E-state index contributed by atoms with van der Waals surface area (Å²) in [7, 11) is 1.43. The Labute approximate surface area is 132 Å². The van der Waals surface area contributed by atoms with E-state index in [1.165, 1.54) is 32.2 Å². The largest absolute Gasteiger partial charge is 0.496 e. The highest BCUT2D eigenvalue weighted by Crippen LogP contribution is 2.28. The molecule has 0 saturated carbocycles. The Kier molecular flexibility index (Phi) is 5.55. The van der Waals surface area contributed by atoms with Gasteiger partial charge >= 0.3 is 0 Å². The van der Waals surface area contributed by atoms with Crippen LogP contribution in [0.2, 0.25) is 0 Å². The molecule has 128 valence electrons. The maximum absolute atomic E-state index is 11.6. The van der Waals surface area contributed by atoms with Crippen LogP contribution in [-0.4, -0.2) is 70.6 Å². The minimum Gasteiger partial charge on any atom is -0.496 e. The first kappa shape index (κ1) is 17.6. The highest BCUT2D eigenvalue weighted by molar-refractivity contribution is 5.97. The first-order valence-corrected chi connectivity index (χ1v) is 7.05. The number of ketones is 1. The number of rotatable bonds is 5. The Morgan fingerprint density at radius 2 is 1.91 bits per heavy atom. The van der Waals surface area contributed by atoms with Crippen LogP contribution in [-0.2, 0) is 4.74 Å². The van der Waals surface area contributed by atoms with Gasteiger partial charge in [-0.15, -0.1) is 0 Å². The summed E-state index contributed by atoms with van der Waals surface area (Å²) < 4.78 is 15.8. The fourth-order valence-electron chi connectivity index (χ4n) is 2.33. The van der Waals surface area contributed by atoms with Gasteiger partial charge in [0, 0.05) is 0 Å². The molecule has 0 bridgehead atoms. The van der Waals surface area contributed by atoms with E-state index in [1.54, 1.807) is 0 Å². The molecule has 2 rings (SSSR count). The second kappa shape index (κ2) is 7.24. The molecule has 0 spiro atoms. The summed E-state index contributed by atoms with van der Waals surface area (Å²) in [6.45, 7) is 0.821. The van der Waals surface area contributed by atoms with Crippen LogP contribution in [0.15, 0.2) is 18.2 Å². The average Bonchev–Trinajstić information content (AvgIpc) is 2.55. The number of carbonyl (C=O) groups is 1. The average molecular weight is 328 g/mol. The number of carbonyl (C=O) groups excluding carboxylic acids is 1. The van der Waals surface area contributed by atoms with E-state index in [4.69, 9.17) is 19.3 Å². The summed E-state index contributed by atoms with van der Waals surface area (Å²) in [6, 6.07) is 4.45. The number of aliphatic hydroxyl groups is 4. The van der Waals surface area contributed by atoms with E-state index in [0.717, 1.165) is 0 Å². The summed E-state index contributed by atoms with van der Waals surface area (Å²) in [6.07, 6.45) is -6.88. The van der Waals surface area contributed by atoms with Gasteiger partial charge in [-0.2, -0.15) is 0 Å². The molecule has 0 aliphatic carbocycles. The quantitative estimate of drug-likeness (QED) is 0.511. The molecule has 8 nitrogen and oxygen atoms in total. The topological polar surface area (TPSA) is 126 Å². The molecule has 0 radical (unpaired) electrons. The van der Waals surface area contributed by atoms with Gasteiger partial charge in [0.05, 0.1) is 19.3 Å². The maximum atomic E-state index is 11.6. The lowest BCUT2D eigenvalue weighted by atomic mass is 9.99. The molecule has 4 N–H and O–H groups in total. The van der Waals surface area contributed by atoms with Crippen molar-refractivity contribution in [3.63, 3.8) is 0 Å². The van der Waals surface area contributed by atoms with Crippen molar-refractivity contribution in [3.8, 4) is 11.5 Å².